The molecule has 0 saturated carbocycles. The lowest BCUT2D eigenvalue weighted by Gasteiger charge is -2.20. The quantitative estimate of drug-likeness (QED) is 0.617. The van der Waals surface area contributed by atoms with Crippen LogP contribution in [0, 0.1) is 5.41 Å². The number of hydrogen-bond donors (Lipinski definition) is 0. The third-order valence-electron chi connectivity index (χ3n) is 3.10. The zero-order chi connectivity index (χ0) is 14.1. The number of carbonyl (C=O) groups is 1. The van der Waals surface area contributed by atoms with Crippen LogP contribution in [0.1, 0.15) is 43.6 Å². The second-order valence-electron chi connectivity index (χ2n) is 6.71. The Bertz CT molecular complexity index is 467. The second kappa shape index (κ2) is 4.97. The first-order valence-corrected chi connectivity index (χ1v) is 6.68. The third kappa shape index (κ3) is 4.06. The predicted molar refractivity (Wildman–Crippen MR) is 74.2 cm³/mol. The van der Waals surface area contributed by atoms with Crippen molar-refractivity contribution in [1.82, 2.24) is 0 Å². The zero-order valence-electron chi connectivity index (χ0n) is 12.2. The highest BCUT2D eigenvalue weighted by molar-refractivity contribution is 5.91. The molecule has 0 aromatic heterocycles. The van der Waals surface area contributed by atoms with E-state index in [-0.39, 0.29) is 17.0 Å². The lowest BCUT2D eigenvalue weighted by molar-refractivity contribution is 0.0409. The van der Waals surface area contributed by atoms with Crippen molar-refractivity contribution in [3.63, 3.8) is 0 Å². The summed E-state index contributed by atoms with van der Waals surface area (Å²) in [6.07, 6.45) is 0.853. The molecule has 1 aromatic rings. The average molecular weight is 262 g/mol. The molecule has 1 fully saturated rings. The molecule has 3 heteroatoms. The molecule has 0 bridgehead atoms. The first kappa shape index (κ1) is 14.1. The molecular formula is C16H22O3. The highest BCUT2D eigenvalue weighted by Gasteiger charge is 2.40. The van der Waals surface area contributed by atoms with Crippen LogP contribution in [0.15, 0.2) is 24.3 Å². The Morgan fingerprint density at radius 1 is 1.37 bits per heavy atom. The Balaban J connectivity index is 2.07. The summed E-state index contributed by atoms with van der Waals surface area (Å²) < 4.78 is 10.6. The van der Waals surface area contributed by atoms with Crippen LogP contribution in [0.4, 0.5) is 0 Å². The smallest absolute Gasteiger partial charge is 0.338 e. The van der Waals surface area contributed by atoms with Gasteiger partial charge in [-0.15, -0.1) is 0 Å². The van der Waals surface area contributed by atoms with E-state index in [4.69, 9.17) is 9.47 Å². The molecule has 1 aliphatic heterocycles. The molecule has 0 aliphatic carbocycles. The second-order valence-corrected chi connectivity index (χ2v) is 6.71. The molecule has 1 heterocycles. The largest absolute Gasteiger partial charge is 0.459 e. The fourth-order valence-corrected chi connectivity index (χ4v) is 1.95. The number of ether oxygens (including phenoxy) is 2. The normalized spacial score (nSPS) is 22.1. The molecule has 1 aliphatic rings. The zero-order valence-corrected chi connectivity index (χ0v) is 12.2. The maximum absolute atomic E-state index is 12.1. The summed E-state index contributed by atoms with van der Waals surface area (Å²) in [5.41, 5.74) is 1.60. The van der Waals surface area contributed by atoms with Crippen LogP contribution in [0.3, 0.4) is 0 Å². The number of rotatable bonds is 4. The Kier molecular flexibility index (Phi) is 3.68. The summed E-state index contributed by atoms with van der Waals surface area (Å²) in [6, 6.07) is 7.66. The number of benzene rings is 1. The van der Waals surface area contributed by atoms with Crippen molar-refractivity contribution in [2.24, 2.45) is 5.41 Å². The lowest BCUT2D eigenvalue weighted by atomic mass is 9.86. The molecule has 1 atom stereocenters. The monoisotopic (exact) mass is 262 g/mol. The van der Waals surface area contributed by atoms with Crippen molar-refractivity contribution in [3.8, 4) is 0 Å². The number of carbonyl (C=O) groups excluding carboxylic acids is 1. The van der Waals surface area contributed by atoms with E-state index in [1.54, 1.807) is 0 Å². The van der Waals surface area contributed by atoms with Crippen LogP contribution in [0.5, 0.6) is 0 Å². The Morgan fingerprint density at radius 2 is 2.00 bits per heavy atom. The van der Waals surface area contributed by atoms with E-state index in [0.29, 0.717) is 18.8 Å². The van der Waals surface area contributed by atoms with Crippen LogP contribution in [0.25, 0.3) is 0 Å². The van der Waals surface area contributed by atoms with E-state index in [2.05, 4.69) is 20.8 Å². The first-order valence-electron chi connectivity index (χ1n) is 6.68. The standard InChI is InChI=1S/C16H22O3/c1-15(2,3)9-12-7-5-6-8-13(12)14(17)18-10-16(4)11-19-16/h5-8H,9-11H2,1-4H3. The maximum Gasteiger partial charge on any atom is 0.338 e. The SMILES string of the molecule is CC(C)(C)Cc1ccccc1C(=O)OCC1(C)CO1. The van der Waals surface area contributed by atoms with Crippen molar-refractivity contribution in [2.45, 2.75) is 39.7 Å². The minimum Gasteiger partial charge on any atom is -0.459 e. The molecule has 1 saturated heterocycles. The first-order chi connectivity index (χ1) is 8.79. The highest BCUT2D eigenvalue weighted by atomic mass is 16.6. The van der Waals surface area contributed by atoms with Gasteiger partial charge in [0.2, 0.25) is 0 Å². The number of esters is 1. The molecule has 104 valence electrons. The molecule has 19 heavy (non-hydrogen) atoms. The van der Waals surface area contributed by atoms with Crippen molar-refractivity contribution >= 4 is 5.97 Å². The van der Waals surface area contributed by atoms with E-state index in [0.717, 1.165) is 12.0 Å². The molecule has 2 rings (SSSR count). The molecule has 1 unspecified atom stereocenters. The van der Waals surface area contributed by atoms with Gasteiger partial charge in [-0.2, -0.15) is 0 Å². The van der Waals surface area contributed by atoms with Crippen molar-refractivity contribution in [2.75, 3.05) is 13.2 Å². The Morgan fingerprint density at radius 3 is 2.58 bits per heavy atom. The molecule has 1 aromatic carbocycles. The summed E-state index contributed by atoms with van der Waals surface area (Å²) in [7, 11) is 0. The van der Waals surface area contributed by atoms with Gasteiger partial charge >= 0.3 is 5.97 Å². The van der Waals surface area contributed by atoms with Gasteiger partial charge in [0.25, 0.3) is 0 Å². The van der Waals surface area contributed by atoms with Gasteiger partial charge < -0.3 is 9.47 Å². The van der Waals surface area contributed by atoms with Gasteiger partial charge in [-0.25, -0.2) is 4.79 Å². The molecule has 3 nitrogen and oxygen atoms in total. The van der Waals surface area contributed by atoms with E-state index >= 15 is 0 Å². The lowest BCUT2D eigenvalue weighted by Crippen LogP contribution is -2.20. The van der Waals surface area contributed by atoms with Gasteiger partial charge in [0, 0.05) is 0 Å². The minimum atomic E-state index is -0.255. The number of epoxide rings is 1. The summed E-state index contributed by atoms with van der Waals surface area (Å²) in [5.74, 6) is -0.253. The van der Waals surface area contributed by atoms with Crippen LogP contribution in [-0.4, -0.2) is 24.8 Å². The molecular weight excluding hydrogens is 240 g/mol. The number of hydrogen-bond acceptors (Lipinski definition) is 3. The molecule has 0 N–H and O–H groups in total. The van der Waals surface area contributed by atoms with Crippen molar-refractivity contribution < 1.29 is 14.3 Å². The molecule has 0 spiro atoms. The fourth-order valence-electron chi connectivity index (χ4n) is 1.95. The van der Waals surface area contributed by atoms with E-state index in [9.17, 15) is 4.79 Å². The maximum atomic E-state index is 12.1. The highest BCUT2D eigenvalue weighted by Crippen LogP contribution is 2.27. The third-order valence-corrected chi connectivity index (χ3v) is 3.10. The van der Waals surface area contributed by atoms with Gasteiger partial charge in [0.15, 0.2) is 0 Å². The van der Waals surface area contributed by atoms with Crippen LogP contribution >= 0.6 is 0 Å². The van der Waals surface area contributed by atoms with Gasteiger partial charge in [0.05, 0.1) is 12.2 Å². The van der Waals surface area contributed by atoms with Crippen LogP contribution < -0.4 is 0 Å². The Hall–Kier alpha value is -1.35. The van der Waals surface area contributed by atoms with Crippen LogP contribution in [0.2, 0.25) is 0 Å². The summed E-state index contributed by atoms with van der Waals surface area (Å²) in [4.78, 5) is 12.1. The molecule has 0 amide bonds. The minimum absolute atomic E-state index is 0.141. The van der Waals surface area contributed by atoms with Crippen LogP contribution in [-0.2, 0) is 15.9 Å². The van der Waals surface area contributed by atoms with Crippen molar-refractivity contribution in [1.29, 1.82) is 0 Å². The Labute approximate surface area is 114 Å². The van der Waals surface area contributed by atoms with Gasteiger partial charge in [-0.05, 0) is 30.4 Å². The summed E-state index contributed by atoms with van der Waals surface area (Å²) in [6.45, 7) is 9.43. The van der Waals surface area contributed by atoms with Crippen molar-refractivity contribution in [3.05, 3.63) is 35.4 Å². The average Bonchev–Trinajstić information content (AvgIpc) is 3.04. The van der Waals surface area contributed by atoms with E-state index in [1.165, 1.54) is 0 Å². The summed E-state index contributed by atoms with van der Waals surface area (Å²) in [5, 5.41) is 0. The summed E-state index contributed by atoms with van der Waals surface area (Å²) >= 11 is 0. The van der Waals surface area contributed by atoms with E-state index in [1.807, 2.05) is 31.2 Å². The van der Waals surface area contributed by atoms with Gasteiger partial charge in [-0.3, -0.25) is 0 Å². The van der Waals surface area contributed by atoms with Gasteiger partial charge in [-0.1, -0.05) is 39.0 Å². The molecule has 0 radical (unpaired) electrons. The fraction of sp³-hybridized carbons (Fsp3) is 0.562. The topological polar surface area (TPSA) is 38.8 Å². The van der Waals surface area contributed by atoms with Gasteiger partial charge in [0.1, 0.15) is 12.2 Å². The van der Waals surface area contributed by atoms with E-state index < -0.39 is 0 Å². The predicted octanol–water partition coefficient (Wildman–Crippen LogP) is 3.22.